The quantitative estimate of drug-likeness (QED) is 0.806. The number of hydrogen-bond donors (Lipinski definition) is 0. The highest BCUT2D eigenvalue weighted by Crippen LogP contribution is 2.05. The largest absolute Gasteiger partial charge is 0.248 e. The molecule has 0 N–H and O–H groups in total. The van der Waals surface area contributed by atoms with Crippen LogP contribution in [0.15, 0.2) is 30.5 Å². The fourth-order valence-corrected chi connectivity index (χ4v) is 1.91. The van der Waals surface area contributed by atoms with E-state index in [0.29, 0.717) is 0 Å². The lowest BCUT2D eigenvalue weighted by molar-refractivity contribution is 0.649. The predicted molar refractivity (Wildman–Crippen MR) is 67.8 cm³/mol. The molecule has 0 aliphatic heterocycles. The van der Waals surface area contributed by atoms with Crippen molar-refractivity contribution in [3.05, 3.63) is 47.3 Å². The van der Waals surface area contributed by atoms with E-state index in [4.69, 9.17) is 0 Å². The molecule has 1 aromatic heterocycles. The summed E-state index contributed by atoms with van der Waals surface area (Å²) >= 11 is 3.39. The first kappa shape index (κ1) is 11.3. The van der Waals surface area contributed by atoms with Crippen LogP contribution in [0.4, 0.5) is 0 Å². The van der Waals surface area contributed by atoms with Crippen molar-refractivity contribution >= 4 is 15.9 Å². The van der Waals surface area contributed by atoms with Crippen LogP contribution < -0.4 is 0 Å². The van der Waals surface area contributed by atoms with Crippen LogP contribution in [-0.4, -0.2) is 20.3 Å². The molecule has 16 heavy (non-hydrogen) atoms. The van der Waals surface area contributed by atoms with E-state index in [2.05, 4.69) is 57.4 Å². The van der Waals surface area contributed by atoms with E-state index in [9.17, 15) is 0 Å². The van der Waals surface area contributed by atoms with Crippen molar-refractivity contribution in [2.24, 2.45) is 0 Å². The van der Waals surface area contributed by atoms with E-state index in [1.54, 1.807) is 0 Å². The first-order valence-corrected chi connectivity index (χ1v) is 6.40. The van der Waals surface area contributed by atoms with Crippen molar-refractivity contribution in [2.45, 2.75) is 19.9 Å². The Bertz CT molecular complexity index is 448. The van der Waals surface area contributed by atoms with E-state index in [1.807, 2.05) is 10.9 Å². The third-order valence-corrected chi connectivity index (χ3v) is 2.80. The molecule has 4 heteroatoms. The summed E-state index contributed by atoms with van der Waals surface area (Å²) in [6.45, 7) is 2.88. The summed E-state index contributed by atoms with van der Waals surface area (Å²) in [6, 6.07) is 8.49. The number of hydrogen-bond acceptors (Lipinski definition) is 2. The van der Waals surface area contributed by atoms with Crippen LogP contribution in [0.2, 0.25) is 0 Å². The van der Waals surface area contributed by atoms with Crippen LogP contribution in [0.3, 0.4) is 0 Å². The lowest BCUT2D eigenvalue weighted by Crippen LogP contribution is -2.00. The highest BCUT2D eigenvalue weighted by atomic mass is 79.9. The van der Waals surface area contributed by atoms with Gasteiger partial charge in [0.1, 0.15) is 0 Å². The van der Waals surface area contributed by atoms with Crippen molar-refractivity contribution in [2.75, 3.05) is 5.33 Å². The minimum absolute atomic E-state index is 0.787. The zero-order valence-corrected chi connectivity index (χ0v) is 10.8. The molecule has 0 fully saturated rings. The zero-order valence-electron chi connectivity index (χ0n) is 9.23. The number of halogens is 1. The van der Waals surface area contributed by atoms with Gasteiger partial charge in [-0.3, -0.25) is 0 Å². The van der Waals surface area contributed by atoms with Gasteiger partial charge in [0.15, 0.2) is 0 Å². The number of nitrogens with zero attached hydrogens (tertiary/aromatic N) is 3. The topological polar surface area (TPSA) is 30.7 Å². The summed E-state index contributed by atoms with van der Waals surface area (Å²) in [7, 11) is 0. The van der Waals surface area contributed by atoms with Gasteiger partial charge in [-0.25, -0.2) is 4.68 Å². The van der Waals surface area contributed by atoms with Gasteiger partial charge in [0.2, 0.25) is 0 Å². The summed E-state index contributed by atoms with van der Waals surface area (Å²) < 4.78 is 1.88. The van der Waals surface area contributed by atoms with Crippen molar-refractivity contribution < 1.29 is 0 Å². The van der Waals surface area contributed by atoms with Gasteiger partial charge in [-0.1, -0.05) is 51.0 Å². The van der Waals surface area contributed by atoms with Crippen LogP contribution in [0, 0.1) is 6.92 Å². The molecule has 1 heterocycles. The van der Waals surface area contributed by atoms with Crippen molar-refractivity contribution in [3.8, 4) is 0 Å². The van der Waals surface area contributed by atoms with Gasteiger partial charge in [0, 0.05) is 17.9 Å². The molecule has 0 saturated heterocycles. The second kappa shape index (κ2) is 5.25. The first-order valence-electron chi connectivity index (χ1n) is 5.28. The van der Waals surface area contributed by atoms with Crippen molar-refractivity contribution in [1.82, 2.24) is 15.0 Å². The molecular formula is C12H14BrN3. The van der Waals surface area contributed by atoms with Gasteiger partial charge in [0.05, 0.1) is 12.2 Å². The molecule has 2 rings (SSSR count). The standard InChI is InChI=1S/C12H14BrN3/c1-10-2-4-11(5-3-10)8-16-9-12(6-7-13)14-15-16/h2-5,9H,6-8H2,1H3. The van der Waals surface area contributed by atoms with Crippen LogP contribution in [0.1, 0.15) is 16.8 Å². The molecule has 0 bridgehead atoms. The van der Waals surface area contributed by atoms with Crippen LogP contribution >= 0.6 is 15.9 Å². The van der Waals surface area contributed by atoms with Crippen molar-refractivity contribution in [3.63, 3.8) is 0 Å². The number of alkyl halides is 1. The molecule has 0 atom stereocenters. The van der Waals surface area contributed by atoms with Gasteiger partial charge in [-0.2, -0.15) is 0 Å². The highest BCUT2D eigenvalue weighted by Gasteiger charge is 2.00. The van der Waals surface area contributed by atoms with E-state index >= 15 is 0 Å². The summed E-state index contributed by atoms with van der Waals surface area (Å²) in [6.07, 6.45) is 2.93. The molecule has 3 nitrogen and oxygen atoms in total. The Balaban J connectivity index is 2.05. The van der Waals surface area contributed by atoms with Gasteiger partial charge in [-0.15, -0.1) is 5.10 Å². The monoisotopic (exact) mass is 279 g/mol. The maximum absolute atomic E-state index is 4.10. The molecule has 0 aliphatic rings. The SMILES string of the molecule is Cc1ccc(Cn2cc(CCBr)nn2)cc1. The maximum Gasteiger partial charge on any atom is 0.0835 e. The summed E-state index contributed by atoms with van der Waals surface area (Å²) in [4.78, 5) is 0. The number of aromatic nitrogens is 3. The number of rotatable bonds is 4. The lowest BCUT2D eigenvalue weighted by Gasteiger charge is -2.00. The zero-order chi connectivity index (χ0) is 11.4. The van der Waals surface area contributed by atoms with Gasteiger partial charge < -0.3 is 0 Å². The molecule has 0 amide bonds. The fraction of sp³-hybridized carbons (Fsp3) is 0.333. The van der Waals surface area contributed by atoms with Crippen LogP contribution in [-0.2, 0) is 13.0 Å². The van der Waals surface area contributed by atoms with E-state index in [1.165, 1.54) is 11.1 Å². The molecule has 0 radical (unpaired) electrons. The molecule has 2 aromatic rings. The van der Waals surface area contributed by atoms with E-state index in [0.717, 1.165) is 24.0 Å². The molecule has 84 valence electrons. The molecule has 1 aromatic carbocycles. The Morgan fingerprint density at radius 2 is 2.00 bits per heavy atom. The second-order valence-corrected chi connectivity index (χ2v) is 4.63. The Labute approximate surface area is 104 Å². The first-order chi connectivity index (χ1) is 7.78. The van der Waals surface area contributed by atoms with Crippen LogP contribution in [0.25, 0.3) is 0 Å². The number of aryl methyl sites for hydroxylation is 2. The Morgan fingerprint density at radius 1 is 1.25 bits per heavy atom. The molecular weight excluding hydrogens is 266 g/mol. The molecule has 0 unspecified atom stereocenters. The Hall–Kier alpha value is -1.16. The minimum Gasteiger partial charge on any atom is -0.248 e. The summed E-state index contributed by atoms with van der Waals surface area (Å²) in [5, 5.41) is 9.13. The Kier molecular flexibility index (Phi) is 3.72. The maximum atomic E-state index is 4.10. The average Bonchev–Trinajstić information content (AvgIpc) is 2.70. The van der Waals surface area contributed by atoms with Gasteiger partial charge >= 0.3 is 0 Å². The lowest BCUT2D eigenvalue weighted by atomic mass is 10.1. The molecule has 0 saturated carbocycles. The van der Waals surface area contributed by atoms with Gasteiger partial charge in [-0.05, 0) is 12.5 Å². The van der Waals surface area contributed by atoms with Crippen LogP contribution in [0.5, 0.6) is 0 Å². The Morgan fingerprint density at radius 3 is 2.69 bits per heavy atom. The minimum atomic E-state index is 0.787. The fourth-order valence-electron chi connectivity index (χ4n) is 1.51. The summed E-state index contributed by atoms with van der Waals surface area (Å²) in [5.74, 6) is 0. The van der Waals surface area contributed by atoms with Gasteiger partial charge in [0.25, 0.3) is 0 Å². The average molecular weight is 280 g/mol. The van der Waals surface area contributed by atoms with E-state index < -0.39 is 0 Å². The summed E-state index contributed by atoms with van der Waals surface area (Å²) in [5.41, 5.74) is 3.56. The third kappa shape index (κ3) is 2.92. The predicted octanol–water partition coefficient (Wildman–Crippen LogP) is 2.57. The third-order valence-electron chi connectivity index (χ3n) is 2.40. The van der Waals surface area contributed by atoms with E-state index in [-0.39, 0.29) is 0 Å². The second-order valence-electron chi connectivity index (χ2n) is 3.83. The molecule has 0 aliphatic carbocycles. The normalized spacial score (nSPS) is 10.6. The van der Waals surface area contributed by atoms with Crippen molar-refractivity contribution in [1.29, 1.82) is 0 Å². The smallest absolute Gasteiger partial charge is 0.0835 e. The number of benzene rings is 1. The highest BCUT2D eigenvalue weighted by molar-refractivity contribution is 9.09. The molecule has 0 spiro atoms.